The van der Waals surface area contributed by atoms with E-state index in [1.165, 1.54) is 24.8 Å². The summed E-state index contributed by atoms with van der Waals surface area (Å²) in [7, 11) is 0. The zero-order valence-corrected chi connectivity index (χ0v) is 16.2. The lowest BCUT2D eigenvalue weighted by Gasteiger charge is -2.14. The molecule has 0 saturated heterocycles. The van der Waals surface area contributed by atoms with Crippen LogP contribution in [0.2, 0.25) is 0 Å². The van der Waals surface area contributed by atoms with E-state index in [9.17, 15) is 8.78 Å². The van der Waals surface area contributed by atoms with E-state index in [1.807, 2.05) is 0 Å². The number of pyridine rings is 1. The van der Waals surface area contributed by atoms with Crippen molar-refractivity contribution in [3.05, 3.63) is 72.4 Å². The third-order valence-corrected chi connectivity index (χ3v) is 4.77. The van der Waals surface area contributed by atoms with E-state index in [0.29, 0.717) is 28.2 Å². The summed E-state index contributed by atoms with van der Waals surface area (Å²) in [6, 6.07) is 9.19. The second-order valence-corrected chi connectivity index (χ2v) is 6.84. The summed E-state index contributed by atoms with van der Waals surface area (Å²) in [6.07, 6.45) is 4.39. The average Bonchev–Trinajstić information content (AvgIpc) is 3.22. The molecule has 0 aliphatic heterocycles. The molecule has 0 atom stereocenters. The maximum atomic E-state index is 14.9. The molecule has 3 N–H and O–H groups in total. The van der Waals surface area contributed by atoms with Gasteiger partial charge >= 0.3 is 0 Å². The number of nitrogen functional groups attached to an aromatic ring is 1. The molecule has 31 heavy (non-hydrogen) atoms. The minimum Gasteiger partial charge on any atom is -0.457 e. The van der Waals surface area contributed by atoms with E-state index in [4.69, 9.17) is 10.5 Å². The highest BCUT2D eigenvalue weighted by Gasteiger charge is 2.15. The molecule has 0 spiro atoms. The van der Waals surface area contributed by atoms with Gasteiger partial charge in [-0.25, -0.2) is 28.2 Å². The van der Waals surface area contributed by atoms with Gasteiger partial charge in [0, 0.05) is 18.3 Å². The highest BCUT2D eigenvalue weighted by molar-refractivity contribution is 5.93. The van der Waals surface area contributed by atoms with Gasteiger partial charge in [0.15, 0.2) is 11.5 Å². The fourth-order valence-corrected chi connectivity index (χ4v) is 3.21. The molecule has 3 heterocycles. The van der Waals surface area contributed by atoms with Crippen molar-refractivity contribution < 1.29 is 13.5 Å². The number of aromatic nitrogens is 5. The fraction of sp³-hybridized carbons (Fsp3) is 0.0476. The van der Waals surface area contributed by atoms with Crippen molar-refractivity contribution in [3.63, 3.8) is 0 Å². The molecule has 0 aliphatic rings. The Morgan fingerprint density at radius 2 is 1.90 bits per heavy atom. The van der Waals surface area contributed by atoms with Gasteiger partial charge in [-0.1, -0.05) is 0 Å². The Balaban J connectivity index is 1.48. The topological polar surface area (TPSA) is 103 Å². The highest BCUT2D eigenvalue weighted by atomic mass is 19.1. The molecule has 0 fully saturated rings. The third-order valence-electron chi connectivity index (χ3n) is 4.77. The van der Waals surface area contributed by atoms with Gasteiger partial charge < -0.3 is 15.8 Å². The first kappa shape index (κ1) is 18.7. The van der Waals surface area contributed by atoms with Crippen molar-refractivity contribution in [3.8, 4) is 11.5 Å². The second kappa shape index (κ2) is 7.17. The molecule has 5 rings (SSSR count). The molecular weight excluding hydrogens is 404 g/mol. The Bertz CT molecular complexity index is 1450. The summed E-state index contributed by atoms with van der Waals surface area (Å²) >= 11 is 0. The molecule has 2 aromatic carbocycles. The quantitative estimate of drug-likeness (QED) is 0.417. The molecule has 10 heteroatoms. The number of benzene rings is 2. The first-order valence-corrected chi connectivity index (χ1v) is 9.23. The van der Waals surface area contributed by atoms with Gasteiger partial charge in [-0.2, -0.15) is 5.10 Å². The van der Waals surface area contributed by atoms with E-state index >= 15 is 0 Å². The maximum absolute atomic E-state index is 14.9. The molecular formula is C21H15F2N7O. The summed E-state index contributed by atoms with van der Waals surface area (Å²) in [4.78, 5) is 12.2. The van der Waals surface area contributed by atoms with Crippen LogP contribution in [0.25, 0.3) is 16.6 Å². The standard InChI is InChI=1S/C21H15F2N7O/c1-11-6-16(29-21-19-15(25-9-27-21)3-2-14(24)20(19)23)13(22)8-17(11)31-12-4-5-30-18(7-12)26-10-28-30/h2-10H,24H2,1H3,(H,25,27,29). The number of nitrogens with zero attached hydrogens (tertiary/aromatic N) is 5. The molecule has 0 saturated carbocycles. The molecule has 0 radical (unpaired) electrons. The number of ether oxygens (including phenoxy) is 1. The summed E-state index contributed by atoms with van der Waals surface area (Å²) in [5.41, 5.74) is 7.34. The van der Waals surface area contributed by atoms with Gasteiger partial charge in [-0.3, -0.25) is 0 Å². The van der Waals surface area contributed by atoms with Gasteiger partial charge in [-0.15, -0.1) is 0 Å². The Labute approximate surface area is 174 Å². The number of hydrogen-bond donors (Lipinski definition) is 2. The van der Waals surface area contributed by atoms with Crippen molar-refractivity contribution in [2.24, 2.45) is 0 Å². The number of anilines is 3. The molecule has 8 nitrogen and oxygen atoms in total. The van der Waals surface area contributed by atoms with Crippen LogP contribution in [-0.2, 0) is 0 Å². The Morgan fingerprint density at radius 3 is 2.77 bits per heavy atom. The summed E-state index contributed by atoms with van der Waals surface area (Å²) in [5.74, 6) is -0.334. The van der Waals surface area contributed by atoms with Gasteiger partial charge in [-0.05, 0) is 36.8 Å². The van der Waals surface area contributed by atoms with Crippen molar-refractivity contribution in [1.82, 2.24) is 24.6 Å². The molecule has 0 aliphatic carbocycles. The maximum Gasteiger partial charge on any atom is 0.159 e. The number of nitrogens with one attached hydrogen (secondary N) is 1. The van der Waals surface area contributed by atoms with Crippen LogP contribution in [0.4, 0.5) is 26.0 Å². The van der Waals surface area contributed by atoms with Crippen LogP contribution in [0.3, 0.4) is 0 Å². The number of halogens is 2. The van der Waals surface area contributed by atoms with Crippen molar-refractivity contribution >= 4 is 33.7 Å². The molecule has 0 bridgehead atoms. The van der Waals surface area contributed by atoms with Crippen molar-refractivity contribution in [1.29, 1.82) is 0 Å². The largest absolute Gasteiger partial charge is 0.457 e. The van der Waals surface area contributed by atoms with Crippen LogP contribution in [-0.4, -0.2) is 24.6 Å². The first-order chi connectivity index (χ1) is 15.0. The van der Waals surface area contributed by atoms with E-state index in [0.717, 1.165) is 0 Å². The number of aryl methyl sites for hydroxylation is 1. The number of rotatable bonds is 4. The van der Waals surface area contributed by atoms with Crippen LogP contribution in [0, 0.1) is 18.6 Å². The van der Waals surface area contributed by atoms with Gasteiger partial charge in [0.25, 0.3) is 0 Å². The van der Waals surface area contributed by atoms with Crippen LogP contribution >= 0.6 is 0 Å². The molecule has 5 aromatic rings. The van der Waals surface area contributed by atoms with E-state index in [1.54, 1.807) is 41.9 Å². The zero-order chi connectivity index (χ0) is 21.5. The molecule has 0 unspecified atom stereocenters. The summed E-state index contributed by atoms with van der Waals surface area (Å²) < 4.78 is 36.9. The lowest BCUT2D eigenvalue weighted by Crippen LogP contribution is -2.02. The molecule has 3 aromatic heterocycles. The van der Waals surface area contributed by atoms with Crippen LogP contribution in [0.5, 0.6) is 11.5 Å². The number of nitrogens with two attached hydrogens (primary N) is 1. The lowest BCUT2D eigenvalue weighted by molar-refractivity contribution is 0.473. The normalized spacial score (nSPS) is 11.2. The highest BCUT2D eigenvalue weighted by Crippen LogP contribution is 2.33. The van der Waals surface area contributed by atoms with Gasteiger partial charge in [0.1, 0.15) is 35.8 Å². The minimum atomic E-state index is -0.665. The SMILES string of the molecule is Cc1cc(Nc2ncnc3ccc(N)c(F)c23)c(F)cc1Oc1ccn2ncnc2c1. The van der Waals surface area contributed by atoms with Crippen molar-refractivity contribution in [2.45, 2.75) is 6.92 Å². The van der Waals surface area contributed by atoms with E-state index in [-0.39, 0.29) is 22.6 Å². The minimum absolute atomic E-state index is 0.0459. The number of hydrogen-bond acceptors (Lipinski definition) is 7. The van der Waals surface area contributed by atoms with Crippen LogP contribution in [0.1, 0.15) is 5.56 Å². The second-order valence-electron chi connectivity index (χ2n) is 6.84. The molecule has 0 amide bonds. The van der Waals surface area contributed by atoms with E-state index < -0.39 is 11.6 Å². The third kappa shape index (κ3) is 3.33. The monoisotopic (exact) mass is 419 g/mol. The lowest BCUT2D eigenvalue weighted by atomic mass is 10.1. The van der Waals surface area contributed by atoms with Crippen molar-refractivity contribution in [2.75, 3.05) is 11.1 Å². The van der Waals surface area contributed by atoms with Gasteiger partial charge in [0.05, 0.1) is 22.3 Å². The van der Waals surface area contributed by atoms with Crippen LogP contribution in [0.15, 0.2) is 55.2 Å². The predicted octanol–water partition coefficient (Wildman–Crippen LogP) is 4.38. The van der Waals surface area contributed by atoms with Gasteiger partial charge in [0.2, 0.25) is 0 Å². The molecule has 154 valence electrons. The fourth-order valence-electron chi connectivity index (χ4n) is 3.21. The predicted molar refractivity (Wildman–Crippen MR) is 111 cm³/mol. The number of fused-ring (bicyclic) bond motifs is 2. The van der Waals surface area contributed by atoms with E-state index in [2.05, 4.69) is 25.4 Å². The Kier molecular flexibility index (Phi) is 4.32. The zero-order valence-electron chi connectivity index (χ0n) is 16.2. The summed E-state index contributed by atoms with van der Waals surface area (Å²) in [6.45, 7) is 1.77. The summed E-state index contributed by atoms with van der Waals surface area (Å²) in [5, 5.41) is 6.94. The first-order valence-electron chi connectivity index (χ1n) is 9.23. The smallest absolute Gasteiger partial charge is 0.159 e. The Hall–Kier alpha value is -4.34. The van der Waals surface area contributed by atoms with Crippen LogP contribution < -0.4 is 15.8 Å². The Morgan fingerprint density at radius 1 is 1.03 bits per heavy atom. The average molecular weight is 419 g/mol.